The van der Waals surface area contributed by atoms with Crippen LogP contribution in [0.15, 0.2) is 23.2 Å². The maximum atomic E-state index is 9.40. The molecule has 128 valence electrons. The summed E-state index contributed by atoms with van der Waals surface area (Å²) in [6.07, 6.45) is 8.56. The third-order valence-electron chi connectivity index (χ3n) is 3.91. The molecule has 0 amide bonds. The minimum atomic E-state index is 0.498. The van der Waals surface area contributed by atoms with Gasteiger partial charge in [-0.2, -0.15) is 5.26 Å². The van der Waals surface area contributed by atoms with Gasteiger partial charge in [-0.15, -0.1) is 11.3 Å². The molecule has 0 radical (unpaired) electrons. The molecule has 6 heteroatoms. The molecule has 2 aromatic heterocycles. The lowest BCUT2D eigenvalue weighted by Gasteiger charge is -2.24. The molecule has 2 rings (SSSR count). The highest BCUT2D eigenvalue weighted by molar-refractivity contribution is 7.07. The molecule has 0 unspecified atom stereocenters. The summed E-state index contributed by atoms with van der Waals surface area (Å²) in [6, 6.07) is 3.91. The van der Waals surface area contributed by atoms with E-state index in [4.69, 9.17) is 11.6 Å². The Labute approximate surface area is 153 Å². The number of aromatic nitrogens is 2. The summed E-state index contributed by atoms with van der Waals surface area (Å²) in [4.78, 5) is 11.0. The molecule has 0 aliphatic rings. The molecular weight excluding hydrogens is 340 g/mol. The van der Waals surface area contributed by atoms with Gasteiger partial charge in [0.2, 0.25) is 0 Å². The Kier molecular flexibility index (Phi) is 8.00. The zero-order chi connectivity index (χ0) is 17.2. The average Bonchev–Trinajstić information content (AvgIpc) is 3.11. The molecule has 0 aromatic carbocycles. The number of halogens is 1. The summed E-state index contributed by atoms with van der Waals surface area (Å²) in [5.74, 6) is 0.729. The fourth-order valence-electron chi connectivity index (χ4n) is 2.61. The summed E-state index contributed by atoms with van der Waals surface area (Å²) in [5, 5.41) is 12.0. The van der Waals surface area contributed by atoms with Gasteiger partial charge >= 0.3 is 0 Å². The van der Waals surface area contributed by atoms with Crippen molar-refractivity contribution in [2.24, 2.45) is 0 Å². The van der Waals surface area contributed by atoms with Crippen molar-refractivity contribution in [1.29, 1.82) is 5.26 Å². The van der Waals surface area contributed by atoms with E-state index in [0.29, 0.717) is 10.6 Å². The highest BCUT2D eigenvalue weighted by atomic mass is 35.5. The first-order chi connectivity index (χ1) is 11.7. The minimum Gasteiger partial charge on any atom is -0.355 e. The molecule has 4 nitrogen and oxygen atoms in total. The van der Waals surface area contributed by atoms with Gasteiger partial charge in [0.25, 0.3) is 0 Å². The van der Waals surface area contributed by atoms with E-state index in [1.807, 2.05) is 5.51 Å². The summed E-state index contributed by atoms with van der Waals surface area (Å²) in [6.45, 7) is 3.93. The monoisotopic (exact) mass is 362 g/mol. The normalized spacial score (nSPS) is 10.5. The molecule has 0 saturated heterocycles. The molecule has 2 aromatic rings. The average molecular weight is 363 g/mol. The van der Waals surface area contributed by atoms with Crippen molar-refractivity contribution in [3.63, 3.8) is 0 Å². The van der Waals surface area contributed by atoms with Crippen LogP contribution in [0.2, 0.25) is 5.02 Å². The van der Waals surface area contributed by atoms with Crippen molar-refractivity contribution in [1.82, 2.24) is 9.97 Å². The van der Waals surface area contributed by atoms with Crippen molar-refractivity contribution in [3.8, 4) is 6.07 Å². The third kappa shape index (κ3) is 5.77. The van der Waals surface area contributed by atoms with Crippen molar-refractivity contribution < 1.29 is 0 Å². The van der Waals surface area contributed by atoms with E-state index >= 15 is 0 Å². The van der Waals surface area contributed by atoms with Crippen LogP contribution >= 0.6 is 22.9 Å². The molecule has 0 spiro atoms. The summed E-state index contributed by atoms with van der Waals surface area (Å²) < 4.78 is 0. The number of rotatable bonds is 10. The predicted octanol–water partition coefficient (Wildman–Crippen LogP) is 5.08. The van der Waals surface area contributed by atoms with Gasteiger partial charge in [0.05, 0.1) is 21.8 Å². The molecular formula is C18H23ClN4S. The van der Waals surface area contributed by atoms with E-state index in [0.717, 1.165) is 37.4 Å². The first kappa shape index (κ1) is 18.7. The minimum absolute atomic E-state index is 0.498. The lowest BCUT2D eigenvalue weighted by atomic mass is 10.1. The highest BCUT2D eigenvalue weighted by Crippen LogP contribution is 2.22. The van der Waals surface area contributed by atoms with E-state index in [2.05, 4.69) is 33.2 Å². The number of pyridine rings is 1. The van der Waals surface area contributed by atoms with Gasteiger partial charge in [0.1, 0.15) is 11.9 Å². The van der Waals surface area contributed by atoms with E-state index in [1.165, 1.54) is 25.7 Å². The summed E-state index contributed by atoms with van der Waals surface area (Å²) >= 11 is 7.59. The number of unbranched alkanes of at least 4 members (excludes halogenated alkanes) is 4. The first-order valence-electron chi connectivity index (χ1n) is 8.42. The Hall–Kier alpha value is -1.64. The van der Waals surface area contributed by atoms with Gasteiger partial charge in [-0.05, 0) is 12.5 Å². The van der Waals surface area contributed by atoms with Crippen LogP contribution in [0.5, 0.6) is 0 Å². The zero-order valence-corrected chi connectivity index (χ0v) is 15.6. The van der Waals surface area contributed by atoms with E-state index in [1.54, 1.807) is 23.6 Å². The zero-order valence-electron chi connectivity index (χ0n) is 14.0. The van der Waals surface area contributed by atoms with Crippen molar-refractivity contribution in [3.05, 3.63) is 39.4 Å². The van der Waals surface area contributed by atoms with Crippen LogP contribution in [0.25, 0.3) is 0 Å². The van der Waals surface area contributed by atoms with Crippen molar-refractivity contribution in [2.45, 2.75) is 45.4 Å². The van der Waals surface area contributed by atoms with Crippen molar-refractivity contribution in [2.75, 3.05) is 18.0 Å². The second-order valence-electron chi connectivity index (χ2n) is 5.77. The Morgan fingerprint density at radius 2 is 2.04 bits per heavy atom. The fourth-order valence-corrected chi connectivity index (χ4v) is 3.36. The number of anilines is 1. The molecule has 0 aliphatic carbocycles. The lowest BCUT2D eigenvalue weighted by Crippen LogP contribution is -2.28. The molecule has 24 heavy (non-hydrogen) atoms. The predicted molar refractivity (Wildman–Crippen MR) is 101 cm³/mol. The second kappa shape index (κ2) is 10.3. The Morgan fingerprint density at radius 3 is 2.75 bits per heavy atom. The second-order valence-corrected chi connectivity index (χ2v) is 6.92. The van der Waals surface area contributed by atoms with Crippen LogP contribution in [0.1, 0.15) is 50.3 Å². The fraction of sp³-hybridized carbons (Fsp3) is 0.500. The molecule has 0 atom stereocenters. The van der Waals surface area contributed by atoms with Crippen molar-refractivity contribution >= 4 is 28.8 Å². The molecule has 0 aliphatic heterocycles. The SMILES string of the molecule is CCCCCCCN(CCc1cscn1)c1ncc(Cl)cc1C#N. The van der Waals surface area contributed by atoms with Crippen LogP contribution < -0.4 is 4.90 Å². The number of hydrogen-bond donors (Lipinski definition) is 0. The lowest BCUT2D eigenvalue weighted by molar-refractivity contribution is 0.614. The third-order valence-corrected chi connectivity index (χ3v) is 4.75. The van der Waals surface area contributed by atoms with Crippen LogP contribution in [0, 0.1) is 11.3 Å². The maximum Gasteiger partial charge on any atom is 0.146 e. The number of thiazole rings is 1. The Morgan fingerprint density at radius 1 is 1.21 bits per heavy atom. The highest BCUT2D eigenvalue weighted by Gasteiger charge is 2.14. The Balaban J connectivity index is 2.05. The maximum absolute atomic E-state index is 9.40. The van der Waals surface area contributed by atoms with Crippen LogP contribution in [0.4, 0.5) is 5.82 Å². The standard InChI is InChI=1S/C18H23ClN4S/c1-2-3-4-5-6-8-23(9-7-17-13-24-14-22-17)18-15(11-20)10-16(19)12-21-18/h10,12-14H,2-9H2,1H3. The molecule has 0 fully saturated rings. The topological polar surface area (TPSA) is 52.8 Å². The summed E-state index contributed by atoms with van der Waals surface area (Å²) in [5.41, 5.74) is 3.48. The van der Waals surface area contributed by atoms with Crippen LogP contribution in [0.3, 0.4) is 0 Å². The van der Waals surface area contributed by atoms with Gasteiger partial charge in [-0.25, -0.2) is 9.97 Å². The van der Waals surface area contributed by atoms with Gasteiger partial charge in [0.15, 0.2) is 0 Å². The van der Waals surface area contributed by atoms with Crippen LogP contribution in [-0.2, 0) is 6.42 Å². The van der Waals surface area contributed by atoms with Crippen LogP contribution in [-0.4, -0.2) is 23.1 Å². The first-order valence-corrected chi connectivity index (χ1v) is 9.74. The van der Waals surface area contributed by atoms with E-state index in [-0.39, 0.29) is 0 Å². The van der Waals surface area contributed by atoms with Gasteiger partial charge in [0, 0.05) is 31.1 Å². The molecule has 0 bridgehead atoms. The smallest absolute Gasteiger partial charge is 0.146 e. The number of nitriles is 1. The van der Waals surface area contributed by atoms with E-state index < -0.39 is 0 Å². The van der Waals surface area contributed by atoms with E-state index in [9.17, 15) is 5.26 Å². The quantitative estimate of drug-likeness (QED) is 0.553. The summed E-state index contributed by atoms with van der Waals surface area (Å²) in [7, 11) is 0. The largest absolute Gasteiger partial charge is 0.355 e. The van der Waals surface area contributed by atoms with Gasteiger partial charge in [-0.3, -0.25) is 0 Å². The number of nitrogens with zero attached hydrogens (tertiary/aromatic N) is 4. The van der Waals surface area contributed by atoms with Gasteiger partial charge < -0.3 is 4.90 Å². The number of hydrogen-bond acceptors (Lipinski definition) is 5. The molecule has 2 heterocycles. The van der Waals surface area contributed by atoms with Gasteiger partial charge in [-0.1, -0.05) is 44.2 Å². The Bertz CT molecular complexity index is 652. The molecule has 0 saturated carbocycles. The molecule has 0 N–H and O–H groups in total.